The van der Waals surface area contributed by atoms with Crippen molar-refractivity contribution in [3.05, 3.63) is 76.6 Å². The summed E-state index contributed by atoms with van der Waals surface area (Å²) in [5.41, 5.74) is 4.51. The van der Waals surface area contributed by atoms with Crippen molar-refractivity contribution < 1.29 is 14.3 Å². The largest absolute Gasteiger partial charge is 0.394 e. The molecule has 0 radical (unpaired) electrons. The molecule has 3 heterocycles. The third kappa shape index (κ3) is 4.01. The number of nitrogens with zero attached hydrogens (tertiary/aromatic N) is 5. The zero-order valence-corrected chi connectivity index (χ0v) is 19.2. The molecule has 0 aliphatic carbocycles. The van der Waals surface area contributed by atoms with Crippen LogP contribution >= 0.6 is 0 Å². The third-order valence-corrected chi connectivity index (χ3v) is 6.40. The Hall–Kier alpha value is -3.43. The summed E-state index contributed by atoms with van der Waals surface area (Å²) in [6.07, 6.45) is 1.47. The molecule has 1 aromatic heterocycles. The summed E-state index contributed by atoms with van der Waals surface area (Å²) < 4.78 is 16.1. The molecule has 5 rings (SSSR count). The first kappa shape index (κ1) is 22.4. The van der Waals surface area contributed by atoms with Gasteiger partial charge in [0, 0.05) is 35.8 Å². The smallest absolute Gasteiger partial charge is 0.185 e. The van der Waals surface area contributed by atoms with Crippen LogP contribution in [0.1, 0.15) is 44.7 Å². The lowest BCUT2D eigenvalue weighted by atomic mass is 9.78. The van der Waals surface area contributed by atoms with Crippen molar-refractivity contribution in [2.24, 2.45) is 4.99 Å². The van der Waals surface area contributed by atoms with Crippen molar-refractivity contribution in [3.8, 4) is 0 Å². The van der Waals surface area contributed by atoms with Gasteiger partial charge in [-0.15, -0.1) is 0 Å². The van der Waals surface area contributed by atoms with Gasteiger partial charge < -0.3 is 15.3 Å². The van der Waals surface area contributed by atoms with Crippen LogP contribution in [0.2, 0.25) is 0 Å². The molecule has 2 aliphatic heterocycles. The maximum absolute atomic E-state index is 14.4. The predicted molar refractivity (Wildman–Crippen MR) is 127 cm³/mol. The highest BCUT2D eigenvalue weighted by Gasteiger charge is 2.40. The first-order chi connectivity index (χ1) is 16.5. The Balaban J connectivity index is 1.66. The molecular formula is C25H27FN6O2. The van der Waals surface area contributed by atoms with Crippen molar-refractivity contribution in [2.45, 2.75) is 24.9 Å². The average molecular weight is 463 g/mol. The zero-order chi connectivity index (χ0) is 23.8. The van der Waals surface area contributed by atoms with Crippen LogP contribution in [0.3, 0.4) is 0 Å². The van der Waals surface area contributed by atoms with Gasteiger partial charge in [0.25, 0.3) is 0 Å². The van der Waals surface area contributed by atoms with Gasteiger partial charge in [-0.2, -0.15) is 5.10 Å². The summed E-state index contributed by atoms with van der Waals surface area (Å²) in [5.74, 6) is -0.440. The Kier molecular flexibility index (Phi) is 5.97. The number of nitrogens with one attached hydrogen (secondary N) is 1. The number of carbonyl (C=O) groups is 1. The lowest BCUT2D eigenvalue weighted by molar-refractivity contribution is 0.0999. The maximum Gasteiger partial charge on any atom is 0.185 e. The van der Waals surface area contributed by atoms with Crippen LogP contribution in [-0.4, -0.2) is 70.1 Å². The fourth-order valence-electron chi connectivity index (χ4n) is 4.97. The van der Waals surface area contributed by atoms with Crippen LogP contribution in [-0.2, 0) is 13.1 Å². The van der Waals surface area contributed by atoms with Gasteiger partial charge in [0.2, 0.25) is 0 Å². The van der Waals surface area contributed by atoms with E-state index in [2.05, 4.69) is 44.6 Å². The first-order valence-electron chi connectivity index (χ1n) is 11.3. The quantitative estimate of drug-likeness (QED) is 0.584. The second kappa shape index (κ2) is 9.08. The van der Waals surface area contributed by atoms with Gasteiger partial charge in [-0.1, -0.05) is 24.3 Å². The maximum atomic E-state index is 14.4. The fraction of sp³-hybridized carbons (Fsp3) is 0.360. The zero-order valence-electron chi connectivity index (χ0n) is 19.2. The number of anilines is 1. The minimum Gasteiger partial charge on any atom is -0.394 e. The molecule has 0 bridgehead atoms. The summed E-state index contributed by atoms with van der Waals surface area (Å²) in [4.78, 5) is 24.0. The molecule has 2 N–H and O–H groups in total. The van der Waals surface area contributed by atoms with Crippen molar-refractivity contribution in [3.63, 3.8) is 0 Å². The second-order valence-electron chi connectivity index (χ2n) is 9.01. The number of aromatic nitrogens is 3. The van der Waals surface area contributed by atoms with E-state index in [1.54, 1.807) is 4.68 Å². The molecule has 34 heavy (non-hydrogen) atoms. The van der Waals surface area contributed by atoms with Crippen LogP contribution in [0.4, 0.5) is 10.1 Å². The van der Waals surface area contributed by atoms with Crippen LogP contribution in [0.15, 0.2) is 47.7 Å². The van der Waals surface area contributed by atoms with Crippen LogP contribution in [0.5, 0.6) is 0 Å². The van der Waals surface area contributed by atoms with Gasteiger partial charge in [-0.05, 0) is 37.4 Å². The molecule has 2 atom stereocenters. The van der Waals surface area contributed by atoms with E-state index in [1.165, 1.54) is 24.0 Å². The second-order valence-corrected chi connectivity index (χ2v) is 9.01. The van der Waals surface area contributed by atoms with Gasteiger partial charge in [0.05, 0.1) is 24.8 Å². The van der Waals surface area contributed by atoms with E-state index in [0.717, 1.165) is 12.1 Å². The SMILES string of the molecule is CN(C)Cc1ccc(C2CNc3cc(F)cc4c3C(=NCC4=O)C2c2ncnn2CCO)cc1. The van der Waals surface area contributed by atoms with Crippen molar-refractivity contribution in [1.29, 1.82) is 0 Å². The van der Waals surface area contributed by atoms with Gasteiger partial charge in [-0.3, -0.25) is 9.79 Å². The summed E-state index contributed by atoms with van der Waals surface area (Å²) >= 11 is 0. The number of hydrogen-bond acceptors (Lipinski definition) is 7. The summed E-state index contributed by atoms with van der Waals surface area (Å²) in [6, 6.07) is 11.2. The monoisotopic (exact) mass is 462 g/mol. The van der Waals surface area contributed by atoms with Gasteiger partial charge in [0.1, 0.15) is 24.5 Å². The molecule has 2 aliphatic rings. The molecule has 9 heteroatoms. The summed E-state index contributed by atoms with van der Waals surface area (Å²) in [6.45, 7) is 1.50. The number of aliphatic imine (C=N–C) groups is 1. The van der Waals surface area contributed by atoms with Gasteiger partial charge in [-0.25, -0.2) is 14.1 Å². The van der Waals surface area contributed by atoms with E-state index in [4.69, 9.17) is 4.99 Å². The number of ketones is 1. The van der Waals surface area contributed by atoms with Crippen LogP contribution < -0.4 is 5.32 Å². The van der Waals surface area contributed by atoms with Crippen molar-refractivity contribution >= 4 is 17.2 Å². The molecule has 2 aromatic carbocycles. The lowest BCUT2D eigenvalue weighted by Gasteiger charge is -2.28. The summed E-state index contributed by atoms with van der Waals surface area (Å²) in [7, 11) is 4.06. The minimum atomic E-state index is -0.456. The molecule has 0 saturated heterocycles. The number of aliphatic hydroxyl groups is 1. The molecule has 3 aromatic rings. The van der Waals surface area contributed by atoms with Crippen LogP contribution in [0.25, 0.3) is 0 Å². The Morgan fingerprint density at radius 1 is 1.24 bits per heavy atom. The van der Waals surface area contributed by atoms with Crippen molar-refractivity contribution in [1.82, 2.24) is 19.7 Å². The average Bonchev–Trinajstić information content (AvgIpc) is 3.19. The molecule has 8 nitrogen and oxygen atoms in total. The van der Waals surface area contributed by atoms with E-state index in [1.807, 2.05) is 14.1 Å². The molecule has 0 spiro atoms. The number of carbonyl (C=O) groups excluding carboxylic acids is 1. The topological polar surface area (TPSA) is 95.6 Å². The highest BCUT2D eigenvalue weighted by Crippen LogP contribution is 2.42. The lowest BCUT2D eigenvalue weighted by Crippen LogP contribution is -2.30. The Morgan fingerprint density at radius 3 is 2.76 bits per heavy atom. The number of benzene rings is 2. The third-order valence-electron chi connectivity index (χ3n) is 6.40. The van der Waals surface area contributed by atoms with Gasteiger partial charge >= 0.3 is 0 Å². The molecule has 176 valence electrons. The van der Waals surface area contributed by atoms with E-state index >= 15 is 0 Å². The summed E-state index contributed by atoms with van der Waals surface area (Å²) in [5, 5.41) is 17.3. The Morgan fingerprint density at radius 2 is 2.03 bits per heavy atom. The highest BCUT2D eigenvalue weighted by molar-refractivity contribution is 6.20. The number of rotatable bonds is 6. The van der Waals surface area contributed by atoms with E-state index < -0.39 is 5.82 Å². The Labute approximate surface area is 197 Å². The number of halogens is 1. The molecule has 0 amide bonds. The molecule has 2 unspecified atom stereocenters. The van der Waals surface area contributed by atoms with E-state index in [9.17, 15) is 14.3 Å². The number of hydrogen-bond donors (Lipinski definition) is 2. The minimum absolute atomic E-state index is 0.0373. The fourth-order valence-corrected chi connectivity index (χ4v) is 4.97. The molecule has 0 saturated carbocycles. The standard InChI is InChI=1S/C25H27FN6O2/c1-31(2)13-15-3-5-16(6-4-15)19-11-27-20-10-17(26)9-18-21(34)12-28-24(22(18)20)23(19)25-29-14-30-32(25)7-8-33/h3-6,9-10,14,19,23,27,33H,7-8,11-13H2,1-2H3. The van der Waals surface area contributed by atoms with E-state index in [0.29, 0.717) is 41.4 Å². The highest BCUT2D eigenvalue weighted by atomic mass is 19.1. The normalized spacial score (nSPS) is 19.4. The first-order valence-corrected chi connectivity index (χ1v) is 11.3. The van der Waals surface area contributed by atoms with Crippen molar-refractivity contribution in [2.75, 3.05) is 39.1 Å². The number of aliphatic hydroxyl groups excluding tert-OH is 1. The number of Topliss-reactive ketones (excluding diaryl/α,β-unsaturated/α-hetero) is 1. The predicted octanol–water partition coefficient (Wildman–Crippen LogP) is 2.45. The molecule has 0 fully saturated rings. The Bertz CT molecular complexity index is 1250. The molecular weight excluding hydrogens is 435 g/mol. The van der Waals surface area contributed by atoms with Gasteiger partial charge in [0.15, 0.2) is 5.78 Å². The van der Waals surface area contributed by atoms with Crippen LogP contribution in [0, 0.1) is 5.82 Å². The van der Waals surface area contributed by atoms with E-state index in [-0.39, 0.29) is 30.8 Å².